The van der Waals surface area contributed by atoms with Crippen molar-refractivity contribution in [2.24, 2.45) is 0 Å². The predicted molar refractivity (Wildman–Crippen MR) is 103 cm³/mol. The number of benzene rings is 1. The van der Waals surface area contributed by atoms with E-state index >= 15 is 0 Å². The van der Waals surface area contributed by atoms with Gasteiger partial charge in [0, 0.05) is 18.7 Å². The summed E-state index contributed by atoms with van der Waals surface area (Å²) in [6.45, 7) is 3.68. The average Bonchev–Trinajstić information content (AvgIpc) is 2.92. The van der Waals surface area contributed by atoms with Crippen LogP contribution in [0.25, 0.3) is 0 Å². The third-order valence-electron chi connectivity index (χ3n) is 4.68. The lowest BCUT2D eigenvalue weighted by Gasteiger charge is -2.23. The van der Waals surface area contributed by atoms with E-state index in [4.69, 9.17) is 21.7 Å². The van der Waals surface area contributed by atoms with Crippen LogP contribution in [0.15, 0.2) is 30.3 Å². The molecule has 0 bridgehead atoms. The summed E-state index contributed by atoms with van der Waals surface area (Å²) in [7, 11) is 0. The van der Waals surface area contributed by atoms with Crippen LogP contribution in [0.1, 0.15) is 43.1 Å². The van der Waals surface area contributed by atoms with Gasteiger partial charge in [-0.1, -0.05) is 30.3 Å². The number of carbonyl (C=O) groups is 1. The molecule has 1 saturated heterocycles. The van der Waals surface area contributed by atoms with E-state index in [1.807, 2.05) is 29.7 Å². The molecule has 2 aromatic rings. The predicted octanol–water partition coefficient (Wildman–Crippen LogP) is 3.81. The molecule has 0 spiro atoms. The Morgan fingerprint density at radius 3 is 2.85 bits per heavy atom. The minimum Gasteiger partial charge on any atom is -0.466 e. The number of carbonyl (C=O) groups excluding carboxylic acids is 1. The highest BCUT2D eigenvalue weighted by molar-refractivity contribution is 7.71. The Kier molecular flexibility index (Phi) is 6.63. The van der Waals surface area contributed by atoms with Crippen LogP contribution < -0.4 is 0 Å². The van der Waals surface area contributed by atoms with Gasteiger partial charge in [-0.3, -0.25) is 4.79 Å². The average molecular weight is 375 g/mol. The van der Waals surface area contributed by atoms with E-state index in [-0.39, 0.29) is 18.5 Å². The first-order chi connectivity index (χ1) is 12.7. The molecule has 1 fully saturated rings. The summed E-state index contributed by atoms with van der Waals surface area (Å²) >= 11 is 5.56. The Morgan fingerprint density at radius 1 is 1.35 bits per heavy atom. The maximum absolute atomic E-state index is 12.2. The number of esters is 1. The third-order valence-corrected chi connectivity index (χ3v) is 5.00. The topological polar surface area (TPSA) is 56.2 Å². The van der Waals surface area contributed by atoms with Crippen molar-refractivity contribution in [3.63, 3.8) is 0 Å². The van der Waals surface area contributed by atoms with Crippen molar-refractivity contribution < 1.29 is 14.3 Å². The van der Waals surface area contributed by atoms with Crippen molar-refractivity contribution >= 4 is 18.2 Å². The zero-order valence-corrected chi connectivity index (χ0v) is 16.0. The molecule has 6 heteroatoms. The first kappa shape index (κ1) is 18.9. The largest absolute Gasteiger partial charge is 0.466 e. The zero-order chi connectivity index (χ0) is 18.4. The fourth-order valence-electron chi connectivity index (χ4n) is 3.40. The summed E-state index contributed by atoms with van der Waals surface area (Å²) in [5.74, 6) is -0.228. The number of hydrogen-bond donors (Lipinski definition) is 1. The standard InChI is InChI=1S/C20H26N2O3S/c1-2-24-19(23)13-18-17(12-15-8-4-3-5-9-15)21-20(26)22(18)14-16-10-6-7-11-25-16/h3-5,8-9,16H,2,6-7,10-14H2,1H3,(H,21,26). The Hall–Kier alpha value is -1.92. The van der Waals surface area contributed by atoms with E-state index in [1.165, 1.54) is 12.0 Å². The fraction of sp³-hybridized carbons (Fsp3) is 0.500. The minimum absolute atomic E-state index is 0.150. The monoisotopic (exact) mass is 374 g/mol. The molecule has 1 aromatic carbocycles. The van der Waals surface area contributed by atoms with Gasteiger partial charge in [0.2, 0.25) is 0 Å². The molecule has 5 nitrogen and oxygen atoms in total. The molecule has 0 saturated carbocycles. The Bertz CT molecular complexity index is 776. The van der Waals surface area contributed by atoms with E-state index in [0.717, 1.165) is 30.8 Å². The van der Waals surface area contributed by atoms with Crippen LogP contribution in [0, 0.1) is 4.77 Å². The highest BCUT2D eigenvalue weighted by Gasteiger charge is 2.21. The molecule has 0 amide bonds. The lowest BCUT2D eigenvalue weighted by molar-refractivity contribution is -0.142. The minimum atomic E-state index is -0.228. The van der Waals surface area contributed by atoms with Gasteiger partial charge >= 0.3 is 5.97 Å². The summed E-state index contributed by atoms with van der Waals surface area (Å²) in [6, 6.07) is 10.2. The van der Waals surface area contributed by atoms with E-state index in [2.05, 4.69) is 17.1 Å². The lowest BCUT2D eigenvalue weighted by atomic mass is 10.1. The van der Waals surface area contributed by atoms with Crippen LogP contribution >= 0.6 is 12.2 Å². The van der Waals surface area contributed by atoms with Gasteiger partial charge in [0.15, 0.2) is 4.77 Å². The number of hydrogen-bond acceptors (Lipinski definition) is 4. The van der Waals surface area contributed by atoms with Gasteiger partial charge < -0.3 is 19.0 Å². The van der Waals surface area contributed by atoms with Crippen LogP contribution in [-0.4, -0.2) is 34.8 Å². The van der Waals surface area contributed by atoms with Crippen molar-refractivity contribution in [3.8, 4) is 0 Å². The molecule has 1 atom stereocenters. The number of aromatic amines is 1. The molecule has 1 aromatic heterocycles. The summed E-state index contributed by atoms with van der Waals surface area (Å²) in [5, 5.41) is 0. The molecule has 0 radical (unpaired) electrons. The molecule has 140 valence electrons. The number of rotatable bonds is 7. The van der Waals surface area contributed by atoms with E-state index in [9.17, 15) is 4.79 Å². The Labute approximate surface area is 159 Å². The quantitative estimate of drug-likeness (QED) is 0.591. The van der Waals surface area contributed by atoms with Gasteiger partial charge in [-0.25, -0.2) is 0 Å². The molecule has 3 rings (SSSR count). The second-order valence-corrected chi connectivity index (χ2v) is 6.99. The van der Waals surface area contributed by atoms with Crippen LogP contribution in [0.2, 0.25) is 0 Å². The Morgan fingerprint density at radius 2 is 2.15 bits per heavy atom. The van der Waals surface area contributed by atoms with Gasteiger partial charge in [-0.2, -0.15) is 0 Å². The highest BCUT2D eigenvalue weighted by atomic mass is 32.1. The van der Waals surface area contributed by atoms with Crippen LogP contribution in [-0.2, 0) is 33.7 Å². The fourth-order valence-corrected chi connectivity index (χ4v) is 3.71. The van der Waals surface area contributed by atoms with Gasteiger partial charge in [-0.05, 0) is 44.0 Å². The normalized spacial score (nSPS) is 17.2. The van der Waals surface area contributed by atoms with Crippen molar-refractivity contribution in [2.45, 2.75) is 51.7 Å². The maximum atomic E-state index is 12.2. The first-order valence-corrected chi connectivity index (χ1v) is 9.70. The SMILES string of the molecule is CCOC(=O)Cc1c(Cc2ccccc2)[nH]c(=S)n1CC1CCCCO1. The molecule has 1 N–H and O–H groups in total. The highest BCUT2D eigenvalue weighted by Crippen LogP contribution is 2.20. The first-order valence-electron chi connectivity index (χ1n) is 9.29. The van der Waals surface area contributed by atoms with Crippen molar-refractivity contribution in [2.75, 3.05) is 13.2 Å². The van der Waals surface area contributed by atoms with Crippen LogP contribution in [0.3, 0.4) is 0 Å². The molecule has 1 aliphatic rings. The second kappa shape index (κ2) is 9.14. The second-order valence-electron chi connectivity index (χ2n) is 6.60. The molecule has 2 heterocycles. The molecule has 0 aliphatic carbocycles. The van der Waals surface area contributed by atoms with E-state index < -0.39 is 0 Å². The van der Waals surface area contributed by atoms with E-state index in [0.29, 0.717) is 24.3 Å². The van der Waals surface area contributed by atoms with Crippen LogP contribution in [0.4, 0.5) is 0 Å². The van der Waals surface area contributed by atoms with Crippen LogP contribution in [0.5, 0.6) is 0 Å². The number of H-pyrrole nitrogens is 1. The summed E-state index contributed by atoms with van der Waals surface area (Å²) in [6.07, 6.45) is 4.39. The third kappa shape index (κ3) is 4.83. The van der Waals surface area contributed by atoms with E-state index in [1.54, 1.807) is 0 Å². The smallest absolute Gasteiger partial charge is 0.311 e. The number of imidazole rings is 1. The Balaban J connectivity index is 1.88. The zero-order valence-electron chi connectivity index (χ0n) is 15.2. The van der Waals surface area contributed by atoms with Crippen molar-refractivity contribution in [3.05, 3.63) is 52.1 Å². The summed E-state index contributed by atoms with van der Waals surface area (Å²) in [4.78, 5) is 15.5. The number of aromatic nitrogens is 2. The molecule has 1 unspecified atom stereocenters. The number of nitrogens with zero attached hydrogens (tertiary/aromatic N) is 1. The maximum Gasteiger partial charge on any atom is 0.311 e. The molecular formula is C20H26N2O3S. The number of nitrogens with one attached hydrogen (secondary N) is 1. The van der Waals surface area contributed by atoms with Crippen molar-refractivity contribution in [1.82, 2.24) is 9.55 Å². The number of ether oxygens (including phenoxy) is 2. The summed E-state index contributed by atoms with van der Waals surface area (Å²) < 4.78 is 13.7. The van der Waals surface area contributed by atoms with Gasteiger partial charge in [-0.15, -0.1) is 0 Å². The summed E-state index contributed by atoms with van der Waals surface area (Å²) in [5.41, 5.74) is 3.06. The molecule has 26 heavy (non-hydrogen) atoms. The molecular weight excluding hydrogens is 348 g/mol. The molecule has 1 aliphatic heterocycles. The van der Waals surface area contributed by atoms with Crippen molar-refractivity contribution in [1.29, 1.82) is 0 Å². The lowest BCUT2D eigenvalue weighted by Crippen LogP contribution is -2.26. The van der Waals surface area contributed by atoms with Gasteiger partial charge in [0.25, 0.3) is 0 Å². The van der Waals surface area contributed by atoms with Gasteiger partial charge in [0.05, 0.1) is 31.4 Å². The van der Waals surface area contributed by atoms with Gasteiger partial charge in [0.1, 0.15) is 0 Å².